The molecule has 0 radical (unpaired) electrons. The number of nitrogens with one attached hydrogen (secondary N) is 1. The predicted octanol–water partition coefficient (Wildman–Crippen LogP) is 2.47. The maximum Gasteiger partial charge on any atom is 0.308 e. The minimum atomic E-state index is -0.974. The maximum absolute atomic E-state index is 12.0. The van der Waals surface area contributed by atoms with Crippen LogP contribution in [-0.4, -0.2) is 17.0 Å². The normalized spacial score (nSPS) is 13.4. The molecule has 0 aliphatic rings. The van der Waals surface area contributed by atoms with Gasteiger partial charge in [-0.05, 0) is 24.6 Å². The first-order valence-corrected chi connectivity index (χ1v) is 6.21. The van der Waals surface area contributed by atoms with Crippen LogP contribution in [0.2, 0.25) is 0 Å². The number of amides is 1. The van der Waals surface area contributed by atoms with Gasteiger partial charge in [-0.3, -0.25) is 9.59 Å². The molecule has 1 amide bonds. The molecule has 2 unspecified atom stereocenters. The largest absolute Gasteiger partial charge is 0.481 e. The molecule has 1 aromatic heterocycles. The van der Waals surface area contributed by atoms with E-state index in [0.29, 0.717) is 0 Å². The van der Waals surface area contributed by atoms with E-state index in [0.717, 1.165) is 5.56 Å². The zero-order valence-corrected chi connectivity index (χ0v) is 10.9. The van der Waals surface area contributed by atoms with Gasteiger partial charge in [-0.1, -0.05) is 30.3 Å². The fourth-order valence-electron chi connectivity index (χ4n) is 1.92. The molecule has 2 N–H and O–H groups in total. The molecule has 1 heterocycles. The Labute approximate surface area is 116 Å². The number of aliphatic carboxylic acids is 1. The number of rotatable bonds is 5. The van der Waals surface area contributed by atoms with Gasteiger partial charge in [0, 0.05) is 0 Å². The lowest BCUT2D eigenvalue weighted by Crippen LogP contribution is -2.35. The quantitative estimate of drug-likeness (QED) is 0.877. The number of furan rings is 1. The Bertz CT molecular complexity index is 577. The molecular weight excluding hydrogens is 258 g/mol. The standard InChI is InChI=1S/C15H15NO4/c1-10(15(18)19)13(11-6-3-2-4-7-11)16-14(17)12-8-5-9-20-12/h2-10,13H,1H3,(H,16,17)(H,18,19). The van der Waals surface area contributed by atoms with Gasteiger partial charge in [0.05, 0.1) is 18.2 Å². The summed E-state index contributed by atoms with van der Waals surface area (Å²) in [4.78, 5) is 23.2. The van der Waals surface area contributed by atoms with Crippen molar-refractivity contribution >= 4 is 11.9 Å². The van der Waals surface area contributed by atoms with Gasteiger partial charge in [0.1, 0.15) is 0 Å². The second-order valence-electron chi connectivity index (χ2n) is 4.47. The summed E-state index contributed by atoms with van der Waals surface area (Å²) < 4.78 is 5.01. The van der Waals surface area contributed by atoms with Crippen molar-refractivity contribution in [2.75, 3.05) is 0 Å². The number of carbonyl (C=O) groups is 2. The molecule has 1 aromatic carbocycles. The van der Waals surface area contributed by atoms with Crippen molar-refractivity contribution in [1.82, 2.24) is 5.32 Å². The minimum absolute atomic E-state index is 0.156. The fourth-order valence-corrected chi connectivity index (χ4v) is 1.92. The summed E-state index contributed by atoms with van der Waals surface area (Å²) in [6.45, 7) is 1.56. The summed E-state index contributed by atoms with van der Waals surface area (Å²) in [7, 11) is 0. The zero-order valence-electron chi connectivity index (χ0n) is 10.9. The van der Waals surface area contributed by atoms with E-state index in [1.165, 1.54) is 12.3 Å². The molecule has 104 valence electrons. The Balaban J connectivity index is 2.24. The van der Waals surface area contributed by atoms with Gasteiger partial charge in [-0.15, -0.1) is 0 Å². The molecule has 2 aromatic rings. The molecule has 0 spiro atoms. The van der Waals surface area contributed by atoms with Crippen molar-refractivity contribution in [3.05, 3.63) is 60.1 Å². The molecule has 0 aliphatic carbocycles. The van der Waals surface area contributed by atoms with E-state index in [-0.39, 0.29) is 5.76 Å². The highest BCUT2D eigenvalue weighted by Crippen LogP contribution is 2.22. The van der Waals surface area contributed by atoms with Gasteiger partial charge in [0.25, 0.3) is 5.91 Å². The molecule has 0 aliphatic heterocycles. The summed E-state index contributed by atoms with van der Waals surface area (Å²) in [6.07, 6.45) is 1.40. The van der Waals surface area contributed by atoms with Crippen LogP contribution >= 0.6 is 0 Å². The van der Waals surface area contributed by atoms with E-state index in [1.54, 1.807) is 37.3 Å². The second-order valence-corrected chi connectivity index (χ2v) is 4.47. The third-order valence-electron chi connectivity index (χ3n) is 3.08. The van der Waals surface area contributed by atoms with Crippen molar-refractivity contribution in [3.8, 4) is 0 Å². The third-order valence-corrected chi connectivity index (χ3v) is 3.08. The zero-order chi connectivity index (χ0) is 14.5. The van der Waals surface area contributed by atoms with Gasteiger partial charge in [-0.25, -0.2) is 0 Å². The summed E-state index contributed by atoms with van der Waals surface area (Å²) >= 11 is 0. The average Bonchev–Trinajstić information content (AvgIpc) is 2.99. The van der Waals surface area contributed by atoms with Crippen molar-refractivity contribution in [3.63, 3.8) is 0 Å². The first-order chi connectivity index (χ1) is 9.59. The van der Waals surface area contributed by atoms with Crippen molar-refractivity contribution in [1.29, 1.82) is 0 Å². The Hall–Kier alpha value is -2.56. The van der Waals surface area contributed by atoms with Crippen molar-refractivity contribution in [2.24, 2.45) is 5.92 Å². The number of benzene rings is 1. The number of carboxylic acid groups (broad SMARTS) is 1. The van der Waals surface area contributed by atoms with Gasteiger partial charge in [0.2, 0.25) is 0 Å². The highest BCUT2D eigenvalue weighted by molar-refractivity contribution is 5.92. The van der Waals surface area contributed by atoms with Crippen LogP contribution in [0, 0.1) is 5.92 Å². The smallest absolute Gasteiger partial charge is 0.308 e. The molecule has 5 heteroatoms. The topological polar surface area (TPSA) is 79.5 Å². The van der Waals surface area contributed by atoms with E-state index >= 15 is 0 Å². The fraction of sp³-hybridized carbons (Fsp3) is 0.200. The van der Waals surface area contributed by atoms with Crippen LogP contribution in [0.15, 0.2) is 53.1 Å². The average molecular weight is 273 g/mol. The van der Waals surface area contributed by atoms with Crippen LogP contribution in [0.4, 0.5) is 0 Å². The molecule has 5 nitrogen and oxygen atoms in total. The summed E-state index contributed by atoms with van der Waals surface area (Å²) in [6, 6.07) is 11.5. The van der Waals surface area contributed by atoms with E-state index in [4.69, 9.17) is 4.42 Å². The Morgan fingerprint density at radius 3 is 2.40 bits per heavy atom. The first-order valence-electron chi connectivity index (χ1n) is 6.21. The second kappa shape index (κ2) is 6.06. The molecule has 2 rings (SSSR count). The van der Waals surface area contributed by atoms with Crippen LogP contribution in [-0.2, 0) is 4.79 Å². The molecule has 0 bridgehead atoms. The van der Waals surface area contributed by atoms with Crippen LogP contribution in [0.3, 0.4) is 0 Å². The van der Waals surface area contributed by atoms with E-state index < -0.39 is 23.8 Å². The van der Waals surface area contributed by atoms with Crippen molar-refractivity contribution < 1.29 is 19.1 Å². The Morgan fingerprint density at radius 1 is 1.15 bits per heavy atom. The molecule has 20 heavy (non-hydrogen) atoms. The number of hydrogen-bond acceptors (Lipinski definition) is 3. The Morgan fingerprint density at radius 2 is 1.85 bits per heavy atom. The lowest BCUT2D eigenvalue weighted by molar-refractivity contribution is -0.142. The molecule has 0 saturated heterocycles. The predicted molar refractivity (Wildman–Crippen MR) is 72.2 cm³/mol. The van der Waals surface area contributed by atoms with Gasteiger partial charge in [-0.2, -0.15) is 0 Å². The SMILES string of the molecule is CC(C(=O)O)C(NC(=O)c1ccco1)c1ccccc1. The lowest BCUT2D eigenvalue weighted by Gasteiger charge is -2.22. The monoisotopic (exact) mass is 273 g/mol. The van der Waals surface area contributed by atoms with E-state index in [1.807, 2.05) is 6.07 Å². The lowest BCUT2D eigenvalue weighted by atomic mass is 9.94. The Kier molecular flexibility index (Phi) is 4.20. The van der Waals surface area contributed by atoms with E-state index in [2.05, 4.69) is 5.32 Å². The van der Waals surface area contributed by atoms with Crippen LogP contribution in [0.1, 0.15) is 29.1 Å². The molecule has 2 atom stereocenters. The number of carbonyl (C=O) groups excluding carboxylic acids is 1. The first kappa shape index (κ1) is 13.9. The number of hydrogen-bond donors (Lipinski definition) is 2. The summed E-state index contributed by atoms with van der Waals surface area (Å²) in [5.74, 6) is -2.00. The highest BCUT2D eigenvalue weighted by atomic mass is 16.4. The van der Waals surface area contributed by atoms with Crippen molar-refractivity contribution in [2.45, 2.75) is 13.0 Å². The molecular formula is C15H15NO4. The van der Waals surface area contributed by atoms with E-state index in [9.17, 15) is 14.7 Å². The maximum atomic E-state index is 12.0. The van der Waals surface area contributed by atoms with Crippen LogP contribution < -0.4 is 5.32 Å². The van der Waals surface area contributed by atoms with Gasteiger partial charge >= 0.3 is 5.97 Å². The van der Waals surface area contributed by atoms with Gasteiger partial charge in [0.15, 0.2) is 5.76 Å². The highest BCUT2D eigenvalue weighted by Gasteiger charge is 2.27. The molecule has 0 saturated carbocycles. The van der Waals surface area contributed by atoms with Crippen LogP contribution in [0.5, 0.6) is 0 Å². The third kappa shape index (κ3) is 3.06. The van der Waals surface area contributed by atoms with Gasteiger partial charge < -0.3 is 14.8 Å². The molecule has 0 fully saturated rings. The van der Waals surface area contributed by atoms with Crippen LogP contribution in [0.25, 0.3) is 0 Å². The minimum Gasteiger partial charge on any atom is -0.481 e. The summed E-state index contributed by atoms with van der Waals surface area (Å²) in [5.41, 5.74) is 0.738. The number of carboxylic acids is 1. The summed E-state index contributed by atoms with van der Waals surface area (Å²) in [5, 5.41) is 11.9.